The molecule has 0 aliphatic carbocycles. The van der Waals surface area contributed by atoms with Gasteiger partial charge in [-0.25, -0.2) is 0 Å². The van der Waals surface area contributed by atoms with E-state index < -0.39 is 17.7 Å². The molecule has 0 fully saturated rings. The van der Waals surface area contributed by atoms with Gasteiger partial charge in [-0.15, -0.1) is 0 Å². The van der Waals surface area contributed by atoms with Gasteiger partial charge < -0.3 is 20.1 Å². The first-order valence-electron chi connectivity index (χ1n) is 11.0. The lowest BCUT2D eigenvalue weighted by molar-refractivity contribution is -0.260. The van der Waals surface area contributed by atoms with E-state index in [0.717, 1.165) is 22.0 Å². The average Bonchev–Trinajstić information content (AvgIpc) is 3.18. The number of benzene rings is 3. The van der Waals surface area contributed by atoms with Crippen LogP contribution in [-0.4, -0.2) is 27.7 Å². The second kappa shape index (κ2) is 9.63. The monoisotopic (exact) mass is 458 g/mol. The number of para-hydroxylation sites is 1. The number of nitrogens with one attached hydrogen (secondary N) is 2. The van der Waals surface area contributed by atoms with Gasteiger partial charge >= 0.3 is 0 Å². The van der Waals surface area contributed by atoms with E-state index >= 15 is 0 Å². The van der Waals surface area contributed by atoms with Gasteiger partial charge in [0.25, 0.3) is 0 Å². The Hall–Kier alpha value is -3.38. The van der Waals surface area contributed by atoms with Crippen molar-refractivity contribution in [3.05, 3.63) is 84.1 Å². The molecule has 170 valence electrons. The maximum atomic E-state index is 12.5. The molecule has 4 aromatic rings. The number of aliphatic imine (C=N–C) groups is 1. The minimum Gasteiger partial charge on any atom is -0.595 e. The van der Waals surface area contributed by atoms with Crippen molar-refractivity contribution in [2.24, 2.45) is 4.99 Å². The Morgan fingerprint density at radius 3 is 2.48 bits per heavy atom. The quantitative estimate of drug-likeness (QED) is 0.245. The van der Waals surface area contributed by atoms with Crippen LogP contribution in [0.2, 0.25) is 0 Å². The van der Waals surface area contributed by atoms with Gasteiger partial charge in [-0.2, -0.15) is 0 Å². The Kier molecular flexibility index (Phi) is 6.65. The van der Waals surface area contributed by atoms with Crippen molar-refractivity contribution in [3.63, 3.8) is 0 Å². The van der Waals surface area contributed by atoms with Crippen molar-refractivity contribution in [2.45, 2.75) is 45.4 Å². The predicted octanol–water partition coefficient (Wildman–Crippen LogP) is 4.88. The SMILES string of the molecule is CC(C)(C)OC([O-])=N[C@H](Cc1c[nH]c2ccccc12)C(=S)NCc1cccc2ccccc12. The topological polar surface area (TPSA) is 72.5 Å². The summed E-state index contributed by atoms with van der Waals surface area (Å²) in [6.45, 7) is 6.03. The van der Waals surface area contributed by atoms with Crippen LogP contribution in [0.5, 0.6) is 0 Å². The zero-order valence-electron chi connectivity index (χ0n) is 19.1. The molecule has 0 unspecified atom stereocenters. The van der Waals surface area contributed by atoms with Gasteiger partial charge in [0, 0.05) is 35.7 Å². The lowest BCUT2D eigenvalue weighted by Crippen LogP contribution is -2.38. The average molecular weight is 459 g/mol. The first kappa shape index (κ1) is 22.8. The van der Waals surface area contributed by atoms with Crippen LogP contribution in [0.15, 0.2) is 77.9 Å². The predicted molar refractivity (Wildman–Crippen MR) is 137 cm³/mol. The van der Waals surface area contributed by atoms with Gasteiger partial charge in [-0.3, -0.25) is 4.99 Å². The molecule has 0 amide bonds. The molecule has 33 heavy (non-hydrogen) atoms. The molecule has 5 nitrogen and oxygen atoms in total. The molecule has 2 N–H and O–H groups in total. The van der Waals surface area contributed by atoms with Crippen molar-refractivity contribution in [1.82, 2.24) is 10.3 Å². The fourth-order valence-electron chi connectivity index (χ4n) is 3.87. The summed E-state index contributed by atoms with van der Waals surface area (Å²) < 4.78 is 5.44. The number of fused-ring (bicyclic) bond motifs is 2. The van der Waals surface area contributed by atoms with Crippen LogP contribution in [0.3, 0.4) is 0 Å². The first-order chi connectivity index (χ1) is 15.8. The summed E-state index contributed by atoms with van der Waals surface area (Å²) in [7, 11) is 0. The zero-order chi connectivity index (χ0) is 23.4. The Bertz CT molecular complexity index is 1300. The molecule has 1 heterocycles. The summed E-state index contributed by atoms with van der Waals surface area (Å²) in [6.07, 6.45) is 1.84. The molecule has 0 aliphatic heterocycles. The fourth-order valence-corrected chi connectivity index (χ4v) is 4.08. The summed E-state index contributed by atoms with van der Waals surface area (Å²) in [5.74, 6) is 0. The van der Waals surface area contributed by atoms with Gasteiger partial charge in [0.2, 0.25) is 0 Å². The number of hydrogen-bond donors (Lipinski definition) is 2. The van der Waals surface area contributed by atoms with Gasteiger partial charge in [0.05, 0.1) is 0 Å². The first-order valence-corrected chi connectivity index (χ1v) is 11.4. The van der Waals surface area contributed by atoms with E-state index in [-0.39, 0.29) is 0 Å². The standard InChI is InChI=1S/C27H29N3O2S/c1-27(2,3)32-26(31)30-24(15-20-17-28-23-14-7-6-13-22(20)23)25(33)29-16-19-11-8-10-18-9-4-5-12-21(18)19/h4-14,17,24,28H,15-16H2,1-3H3,(H,29,33)(H,30,31)/p-1/t24-/m1/s1. The highest BCUT2D eigenvalue weighted by molar-refractivity contribution is 7.80. The summed E-state index contributed by atoms with van der Waals surface area (Å²) in [6, 6.07) is 22.0. The molecular formula is C27H28N3O2S-. The van der Waals surface area contributed by atoms with Crippen molar-refractivity contribution in [1.29, 1.82) is 0 Å². The third-order valence-corrected chi connectivity index (χ3v) is 5.79. The second-order valence-electron chi connectivity index (χ2n) is 9.04. The van der Waals surface area contributed by atoms with E-state index in [1.807, 2.05) is 63.4 Å². The molecule has 4 rings (SSSR count). The Morgan fingerprint density at radius 2 is 1.70 bits per heavy atom. The maximum Gasteiger partial charge on any atom is 0.146 e. The second-order valence-corrected chi connectivity index (χ2v) is 9.48. The fraction of sp³-hybridized carbons (Fsp3) is 0.259. The van der Waals surface area contributed by atoms with Crippen LogP contribution in [0.25, 0.3) is 21.7 Å². The third kappa shape index (κ3) is 5.71. The highest BCUT2D eigenvalue weighted by Crippen LogP contribution is 2.21. The third-order valence-electron chi connectivity index (χ3n) is 5.38. The number of hydrogen-bond acceptors (Lipinski definition) is 4. The molecule has 0 spiro atoms. The minimum atomic E-state index is -0.621. The van der Waals surface area contributed by atoms with Crippen molar-refractivity contribution in [2.75, 3.05) is 0 Å². The zero-order valence-corrected chi connectivity index (χ0v) is 19.9. The Labute approximate surface area is 199 Å². The number of aromatic amines is 1. The molecule has 0 bridgehead atoms. The lowest BCUT2D eigenvalue weighted by Gasteiger charge is -2.30. The smallest absolute Gasteiger partial charge is 0.146 e. The van der Waals surface area contributed by atoms with Gasteiger partial charge in [0.15, 0.2) is 0 Å². The van der Waals surface area contributed by atoms with E-state index in [4.69, 9.17) is 17.0 Å². The highest BCUT2D eigenvalue weighted by Gasteiger charge is 2.18. The van der Waals surface area contributed by atoms with Crippen LogP contribution in [0.4, 0.5) is 0 Å². The summed E-state index contributed by atoms with van der Waals surface area (Å²) in [5.41, 5.74) is 2.61. The lowest BCUT2D eigenvalue weighted by atomic mass is 10.0. The number of rotatable bonds is 6. The van der Waals surface area contributed by atoms with Crippen LogP contribution in [0, 0.1) is 0 Å². The number of ether oxygens (including phenoxy) is 1. The number of H-pyrrole nitrogens is 1. The normalized spacial score (nSPS) is 13.2. The van der Waals surface area contributed by atoms with Crippen LogP contribution in [-0.2, 0) is 17.7 Å². The molecule has 0 radical (unpaired) electrons. The van der Waals surface area contributed by atoms with Crippen molar-refractivity contribution in [3.8, 4) is 0 Å². The van der Waals surface area contributed by atoms with E-state index in [1.54, 1.807) is 0 Å². The Balaban J connectivity index is 1.57. The van der Waals surface area contributed by atoms with E-state index in [0.29, 0.717) is 18.0 Å². The van der Waals surface area contributed by atoms with Gasteiger partial charge in [-0.1, -0.05) is 93.7 Å². The molecule has 0 saturated heterocycles. The van der Waals surface area contributed by atoms with Crippen LogP contribution in [0.1, 0.15) is 31.9 Å². The van der Waals surface area contributed by atoms with Crippen molar-refractivity contribution >= 4 is 45.0 Å². The van der Waals surface area contributed by atoms with Crippen LogP contribution >= 0.6 is 12.2 Å². The molecule has 0 saturated carbocycles. The molecule has 6 heteroatoms. The molecule has 3 aromatic carbocycles. The largest absolute Gasteiger partial charge is 0.595 e. The number of thiocarbonyl (C=S) groups is 1. The minimum absolute atomic E-state index is 0.491. The van der Waals surface area contributed by atoms with Crippen LogP contribution < -0.4 is 10.4 Å². The van der Waals surface area contributed by atoms with Gasteiger partial charge in [0.1, 0.15) is 17.1 Å². The summed E-state index contributed by atoms with van der Waals surface area (Å²) in [4.78, 5) is 8.13. The molecular weight excluding hydrogens is 430 g/mol. The molecule has 1 atom stereocenters. The van der Waals surface area contributed by atoms with Gasteiger partial charge in [-0.05, 0) is 28.0 Å². The van der Waals surface area contributed by atoms with E-state index in [1.165, 1.54) is 10.8 Å². The van der Waals surface area contributed by atoms with E-state index in [2.05, 4.69) is 45.6 Å². The number of nitrogens with zero attached hydrogens (tertiary/aromatic N) is 1. The Morgan fingerprint density at radius 1 is 1.00 bits per heavy atom. The van der Waals surface area contributed by atoms with E-state index in [9.17, 15) is 5.11 Å². The van der Waals surface area contributed by atoms with Crippen molar-refractivity contribution < 1.29 is 9.84 Å². The maximum absolute atomic E-state index is 12.5. The number of aromatic nitrogens is 1. The highest BCUT2D eigenvalue weighted by atomic mass is 32.1. The summed E-state index contributed by atoms with van der Waals surface area (Å²) in [5, 5.41) is 19.3. The summed E-state index contributed by atoms with van der Waals surface area (Å²) >= 11 is 5.73. The molecule has 1 aromatic heterocycles. The molecule has 0 aliphatic rings.